The number of ether oxygens (including phenoxy) is 1. The largest absolute Gasteiger partial charge is 0.497 e. The first-order valence-electron chi connectivity index (χ1n) is 10.1. The molecule has 1 heterocycles. The summed E-state index contributed by atoms with van der Waals surface area (Å²) in [4.78, 5) is 13.3. The van der Waals surface area contributed by atoms with Crippen molar-refractivity contribution in [2.45, 2.75) is 30.4 Å². The summed E-state index contributed by atoms with van der Waals surface area (Å²) in [6, 6.07) is 20.1. The second-order valence-corrected chi connectivity index (χ2v) is 9.89. The fourth-order valence-corrected chi connectivity index (χ4v) is 5.46. The zero-order valence-corrected chi connectivity index (χ0v) is 19.1. The zero-order valence-electron chi connectivity index (χ0n) is 17.5. The Morgan fingerprint density at radius 1 is 1.03 bits per heavy atom. The van der Waals surface area contributed by atoms with E-state index in [1.807, 2.05) is 36.4 Å². The Morgan fingerprint density at radius 3 is 2.34 bits per heavy atom. The van der Waals surface area contributed by atoms with Crippen LogP contribution in [-0.4, -0.2) is 31.8 Å². The number of hydrogen-bond donors (Lipinski definition) is 1. The maximum absolute atomic E-state index is 13.5. The van der Waals surface area contributed by atoms with E-state index in [0.717, 1.165) is 16.7 Å². The molecule has 1 aliphatic rings. The van der Waals surface area contributed by atoms with Crippen molar-refractivity contribution in [1.82, 2.24) is 9.62 Å². The van der Waals surface area contributed by atoms with Crippen molar-refractivity contribution in [2.75, 3.05) is 7.11 Å². The minimum absolute atomic E-state index is 0.119. The molecule has 166 valence electrons. The molecule has 0 radical (unpaired) electrons. The highest BCUT2D eigenvalue weighted by molar-refractivity contribution is 7.89. The molecule has 3 aromatic rings. The molecule has 8 heteroatoms. The van der Waals surface area contributed by atoms with Gasteiger partial charge < -0.3 is 10.1 Å². The van der Waals surface area contributed by atoms with E-state index in [1.54, 1.807) is 24.3 Å². The van der Waals surface area contributed by atoms with Crippen LogP contribution in [0.4, 0.5) is 0 Å². The van der Waals surface area contributed by atoms with E-state index in [9.17, 15) is 13.2 Å². The fourth-order valence-electron chi connectivity index (χ4n) is 3.77. The van der Waals surface area contributed by atoms with E-state index in [1.165, 1.54) is 23.5 Å². The number of halogens is 1. The van der Waals surface area contributed by atoms with Crippen molar-refractivity contribution >= 4 is 27.5 Å². The quantitative estimate of drug-likeness (QED) is 0.595. The first-order valence-corrected chi connectivity index (χ1v) is 11.9. The van der Waals surface area contributed by atoms with E-state index in [-0.39, 0.29) is 23.9 Å². The standard InChI is InChI=1S/C24H23ClN2O4S/c1-31-21-10-12-22(13-11-21)32(29,30)27-16-19-5-3-2-4-18(19)14-23(27)24(28)26-15-17-6-8-20(25)9-7-17/h2-13,23H,14-16H2,1H3,(H,26,28)/t23-/m1/s1. The summed E-state index contributed by atoms with van der Waals surface area (Å²) >= 11 is 5.92. The van der Waals surface area contributed by atoms with Gasteiger partial charge in [-0.3, -0.25) is 4.79 Å². The number of rotatable bonds is 6. The van der Waals surface area contributed by atoms with Crippen LogP contribution in [0.25, 0.3) is 0 Å². The fraction of sp³-hybridized carbons (Fsp3) is 0.208. The summed E-state index contributed by atoms with van der Waals surface area (Å²) in [6.45, 7) is 0.411. The first kappa shape index (κ1) is 22.3. The molecule has 0 fully saturated rings. The minimum atomic E-state index is -3.91. The SMILES string of the molecule is COc1ccc(S(=O)(=O)N2Cc3ccccc3C[C@@H]2C(=O)NCc2ccc(Cl)cc2)cc1. The van der Waals surface area contributed by atoms with E-state index >= 15 is 0 Å². The van der Waals surface area contributed by atoms with Crippen molar-refractivity contribution in [1.29, 1.82) is 0 Å². The van der Waals surface area contributed by atoms with Gasteiger partial charge in [0.05, 0.1) is 12.0 Å². The molecular formula is C24H23ClN2O4S. The molecule has 0 aliphatic carbocycles. The van der Waals surface area contributed by atoms with Gasteiger partial charge in [-0.15, -0.1) is 0 Å². The molecule has 1 atom stereocenters. The number of hydrogen-bond acceptors (Lipinski definition) is 4. The van der Waals surface area contributed by atoms with Crippen molar-refractivity contribution in [2.24, 2.45) is 0 Å². The van der Waals surface area contributed by atoms with E-state index in [0.29, 0.717) is 17.2 Å². The van der Waals surface area contributed by atoms with Crippen molar-refractivity contribution in [3.05, 3.63) is 94.5 Å². The van der Waals surface area contributed by atoms with Gasteiger partial charge in [0.2, 0.25) is 15.9 Å². The van der Waals surface area contributed by atoms with Crippen molar-refractivity contribution in [3.8, 4) is 5.75 Å². The van der Waals surface area contributed by atoms with Gasteiger partial charge in [-0.1, -0.05) is 48.0 Å². The molecule has 1 aliphatic heterocycles. The van der Waals surface area contributed by atoms with Crippen LogP contribution in [0.5, 0.6) is 5.75 Å². The lowest BCUT2D eigenvalue weighted by Gasteiger charge is -2.35. The number of amides is 1. The number of carbonyl (C=O) groups is 1. The van der Waals surface area contributed by atoms with Gasteiger partial charge in [-0.2, -0.15) is 4.31 Å². The first-order chi connectivity index (χ1) is 15.4. The van der Waals surface area contributed by atoms with Gasteiger partial charge in [-0.25, -0.2) is 8.42 Å². The molecule has 0 saturated carbocycles. The van der Waals surface area contributed by atoms with Crippen LogP contribution in [0.2, 0.25) is 5.02 Å². The summed E-state index contributed by atoms with van der Waals surface area (Å²) in [7, 11) is -2.39. The average molecular weight is 471 g/mol. The Bertz CT molecular complexity index is 1210. The Balaban J connectivity index is 1.62. The zero-order chi connectivity index (χ0) is 22.7. The van der Waals surface area contributed by atoms with Crippen LogP contribution in [0.3, 0.4) is 0 Å². The summed E-state index contributed by atoms with van der Waals surface area (Å²) in [5.41, 5.74) is 2.75. The predicted molar refractivity (Wildman–Crippen MR) is 123 cm³/mol. The minimum Gasteiger partial charge on any atom is -0.497 e. The maximum atomic E-state index is 13.5. The maximum Gasteiger partial charge on any atom is 0.244 e. The second-order valence-electron chi connectivity index (χ2n) is 7.56. The number of fused-ring (bicyclic) bond motifs is 1. The Hall–Kier alpha value is -2.87. The third-order valence-electron chi connectivity index (χ3n) is 5.55. The summed E-state index contributed by atoms with van der Waals surface area (Å²) in [5, 5.41) is 3.49. The predicted octanol–water partition coefficient (Wildman–Crippen LogP) is 3.78. The van der Waals surface area contributed by atoms with Crippen LogP contribution < -0.4 is 10.1 Å². The smallest absolute Gasteiger partial charge is 0.244 e. The van der Waals surface area contributed by atoms with Gasteiger partial charge >= 0.3 is 0 Å². The number of nitrogens with zero attached hydrogens (tertiary/aromatic N) is 1. The molecule has 0 bridgehead atoms. The molecule has 6 nitrogen and oxygen atoms in total. The number of sulfonamides is 1. The van der Waals surface area contributed by atoms with Crippen LogP contribution in [-0.2, 0) is 34.3 Å². The van der Waals surface area contributed by atoms with E-state index in [2.05, 4.69) is 5.32 Å². The highest BCUT2D eigenvalue weighted by Crippen LogP contribution is 2.30. The Kier molecular flexibility index (Phi) is 6.50. The van der Waals surface area contributed by atoms with E-state index in [4.69, 9.17) is 16.3 Å². The molecule has 1 N–H and O–H groups in total. The highest BCUT2D eigenvalue weighted by atomic mass is 35.5. The van der Waals surface area contributed by atoms with Gasteiger partial charge in [0.15, 0.2) is 0 Å². The van der Waals surface area contributed by atoms with Crippen LogP contribution in [0.1, 0.15) is 16.7 Å². The molecule has 0 spiro atoms. The normalized spacial score (nSPS) is 16.2. The molecule has 4 rings (SSSR count). The average Bonchev–Trinajstić information content (AvgIpc) is 2.82. The lowest BCUT2D eigenvalue weighted by molar-refractivity contribution is -0.125. The number of nitrogens with one attached hydrogen (secondary N) is 1. The van der Waals surface area contributed by atoms with Gasteiger partial charge in [-0.05, 0) is 59.5 Å². The second kappa shape index (κ2) is 9.32. The van der Waals surface area contributed by atoms with Crippen LogP contribution >= 0.6 is 11.6 Å². The monoisotopic (exact) mass is 470 g/mol. The lowest BCUT2D eigenvalue weighted by atomic mass is 9.95. The summed E-state index contributed by atoms with van der Waals surface area (Å²) in [5.74, 6) is 0.219. The van der Waals surface area contributed by atoms with Gasteiger partial charge in [0, 0.05) is 18.1 Å². The molecule has 32 heavy (non-hydrogen) atoms. The molecule has 1 amide bonds. The number of carbonyl (C=O) groups excluding carboxylic acids is 1. The number of benzene rings is 3. The summed E-state index contributed by atoms with van der Waals surface area (Å²) < 4.78 is 33.4. The van der Waals surface area contributed by atoms with Gasteiger partial charge in [0.1, 0.15) is 11.8 Å². The Labute approximate surface area is 192 Å². The Morgan fingerprint density at radius 2 is 1.69 bits per heavy atom. The number of methoxy groups -OCH3 is 1. The molecular weight excluding hydrogens is 448 g/mol. The van der Waals surface area contributed by atoms with Crippen LogP contribution in [0.15, 0.2) is 77.7 Å². The van der Waals surface area contributed by atoms with Gasteiger partial charge in [0.25, 0.3) is 0 Å². The molecule has 0 aromatic heterocycles. The summed E-state index contributed by atoms with van der Waals surface area (Å²) in [6.07, 6.45) is 0.304. The molecule has 0 unspecified atom stereocenters. The van der Waals surface area contributed by atoms with Crippen LogP contribution in [0, 0.1) is 0 Å². The van der Waals surface area contributed by atoms with Crippen molar-refractivity contribution < 1.29 is 17.9 Å². The molecule has 0 saturated heterocycles. The third kappa shape index (κ3) is 4.65. The van der Waals surface area contributed by atoms with E-state index < -0.39 is 16.1 Å². The topological polar surface area (TPSA) is 75.7 Å². The van der Waals surface area contributed by atoms with Crippen molar-refractivity contribution in [3.63, 3.8) is 0 Å². The third-order valence-corrected chi connectivity index (χ3v) is 7.68. The molecule has 3 aromatic carbocycles. The lowest BCUT2D eigenvalue weighted by Crippen LogP contribution is -2.52. The highest BCUT2D eigenvalue weighted by Gasteiger charge is 2.39.